The van der Waals surface area contributed by atoms with E-state index in [1.54, 1.807) is 0 Å². The Labute approximate surface area is 289 Å². The first-order valence-electron chi connectivity index (χ1n) is 17.2. The van der Waals surface area contributed by atoms with E-state index in [2.05, 4.69) is 132 Å². The van der Waals surface area contributed by atoms with E-state index in [0.717, 1.165) is 109 Å². The summed E-state index contributed by atoms with van der Waals surface area (Å²) in [7, 11) is 0. The van der Waals surface area contributed by atoms with Crippen LogP contribution in [0.25, 0.3) is 115 Å². The molecule has 0 unspecified atom stereocenters. The Morgan fingerprint density at radius 3 is 2.04 bits per heavy atom. The monoisotopic (exact) mass is 651 g/mol. The van der Waals surface area contributed by atoms with E-state index in [4.69, 9.17) is 18.8 Å². The molecule has 0 amide bonds. The Balaban J connectivity index is 1.25. The van der Waals surface area contributed by atoms with Crippen molar-refractivity contribution >= 4 is 98.1 Å². The quantitative estimate of drug-likeness (QED) is 0.175. The molecule has 51 heavy (non-hydrogen) atoms. The zero-order valence-corrected chi connectivity index (χ0v) is 27.1. The van der Waals surface area contributed by atoms with Crippen LogP contribution in [0.2, 0.25) is 0 Å². The molecular weight excluding hydrogens is 627 g/mol. The molecule has 236 valence electrons. The van der Waals surface area contributed by atoms with Gasteiger partial charge in [-0.15, -0.1) is 0 Å². The van der Waals surface area contributed by atoms with Gasteiger partial charge < -0.3 is 8.83 Å². The zero-order chi connectivity index (χ0) is 33.2. The molecule has 0 radical (unpaired) electrons. The van der Waals surface area contributed by atoms with Crippen LogP contribution in [0.3, 0.4) is 0 Å². The molecule has 0 atom stereocenters. The fraction of sp³-hybridized carbons (Fsp3) is 0. The number of aromatic nitrogens is 3. The van der Waals surface area contributed by atoms with Gasteiger partial charge in [-0.1, -0.05) is 103 Å². The van der Waals surface area contributed by atoms with Gasteiger partial charge in [0.1, 0.15) is 22.3 Å². The van der Waals surface area contributed by atoms with Crippen LogP contribution >= 0.6 is 0 Å². The molecule has 12 aromatic rings. The van der Waals surface area contributed by atoms with Crippen LogP contribution in [0, 0.1) is 0 Å². The molecule has 0 fully saturated rings. The molecule has 0 N–H and O–H groups in total. The maximum atomic E-state index is 6.59. The highest BCUT2D eigenvalue weighted by molar-refractivity contribution is 6.23. The maximum Gasteiger partial charge on any atom is 0.235 e. The number of rotatable bonds is 2. The second-order valence-corrected chi connectivity index (χ2v) is 13.3. The number of furan rings is 2. The highest BCUT2D eigenvalue weighted by Crippen LogP contribution is 2.42. The Kier molecular flexibility index (Phi) is 5.17. The highest BCUT2D eigenvalue weighted by atomic mass is 16.3. The summed E-state index contributed by atoms with van der Waals surface area (Å²) >= 11 is 0. The molecule has 0 aliphatic carbocycles. The van der Waals surface area contributed by atoms with Crippen molar-refractivity contribution in [2.24, 2.45) is 0 Å². The van der Waals surface area contributed by atoms with Gasteiger partial charge in [0.05, 0.1) is 22.2 Å². The van der Waals surface area contributed by atoms with Crippen LogP contribution in [0.15, 0.2) is 160 Å². The number of nitrogens with zero attached hydrogens (tertiary/aromatic N) is 3. The molecule has 5 heteroatoms. The molecule has 5 nitrogen and oxygen atoms in total. The summed E-state index contributed by atoms with van der Waals surface area (Å²) in [6.07, 6.45) is 0. The van der Waals surface area contributed by atoms with E-state index in [1.807, 2.05) is 24.3 Å². The second-order valence-electron chi connectivity index (χ2n) is 13.3. The Morgan fingerprint density at radius 1 is 0.412 bits per heavy atom. The van der Waals surface area contributed by atoms with Crippen LogP contribution in [-0.2, 0) is 0 Å². The predicted molar refractivity (Wildman–Crippen MR) is 209 cm³/mol. The van der Waals surface area contributed by atoms with Crippen molar-refractivity contribution in [3.63, 3.8) is 0 Å². The van der Waals surface area contributed by atoms with E-state index < -0.39 is 0 Å². The van der Waals surface area contributed by atoms with Gasteiger partial charge in [-0.25, -0.2) is 9.97 Å². The molecule has 0 saturated carbocycles. The lowest BCUT2D eigenvalue weighted by Crippen LogP contribution is -2.04. The molecule has 0 spiro atoms. The van der Waals surface area contributed by atoms with E-state index in [9.17, 15) is 0 Å². The largest absolute Gasteiger partial charge is 0.456 e. The summed E-state index contributed by atoms with van der Waals surface area (Å²) in [6.45, 7) is 0. The Morgan fingerprint density at radius 2 is 1.14 bits per heavy atom. The van der Waals surface area contributed by atoms with Crippen molar-refractivity contribution in [2.45, 2.75) is 0 Å². The zero-order valence-electron chi connectivity index (χ0n) is 27.1. The molecule has 0 bridgehead atoms. The molecule has 12 rings (SSSR count). The summed E-state index contributed by atoms with van der Waals surface area (Å²) in [5.41, 5.74) is 8.19. The van der Waals surface area contributed by atoms with Crippen molar-refractivity contribution in [3.05, 3.63) is 152 Å². The fourth-order valence-corrected chi connectivity index (χ4v) is 8.32. The summed E-state index contributed by atoms with van der Waals surface area (Å²) < 4.78 is 15.1. The summed E-state index contributed by atoms with van der Waals surface area (Å²) in [5.74, 6) is 0.608. The van der Waals surface area contributed by atoms with Gasteiger partial charge >= 0.3 is 0 Å². The number of hydrogen-bond donors (Lipinski definition) is 0. The van der Waals surface area contributed by atoms with E-state index in [1.165, 1.54) is 0 Å². The van der Waals surface area contributed by atoms with Crippen LogP contribution in [0.4, 0.5) is 0 Å². The molecule has 0 saturated heterocycles. The number of para-hydroxylation sites is 4. The van der Waals surface area contributed by atoms with Gasteiger partial charge in [0.2, 0.25) is 5.95 Å². The standard InChI is InChI=1S/C46H25N3O2/c1-2-11-28-26(10-1)20-22-33-43(28)47-46(48-44(33)34-16-9-15-31-30-13-4-7-18-39(30)51-45(31)34)49-37-17-6-3-12-29(37)36-24-27-21-23-41-42(35(27)25-38(36)49)32-14-5-8-19-40(32)50-41/h1-25H. The van der Waals surface area contributed by atoms with Gasteiger partial charge in [-0.2, -0.15) is 0 Å². The minimum Gasteiger partial charge on any atom is -0.456 e. The molecule has 0 aliphatic rings. The molecule has 0 aliphatic heterocycles. The van der Waals surface area contributed by atoms with Crippen molar-refractivity contribution in [1.29, 1.82) is 0 Å². The highest BCUT2D eigenvalue weighted by Gasteiger charge is 2.22. The van der Waals surface area contributed by atoms with Crippen molar-refractivity contribution in [3.8, 4) is 17.2 Å². The lowest BCUT2D eigenvalue weighted by molar-refractivity contribution is 0.669. The second kappa shape index (κ2) is 9.80. The van der Waals surface area contributed by atoms with Gasteiger partial charge in [-0.3, -0.25) is 4.57 Å². The average Bonchev–Trinajstić information content (AvgIpc) is 3.86. The van der Waals surface area contributed by atoms with Gasteiger partial charge in [0, 0.05) is 48.7 Å². The lowest BCUT2D eigenvalue weighted by Gasteiger charge is -2.13. The first kappa shape index (κ1) is 26.9. The topological polar surface area (TPSA) is 57.0 Å². The summed E-state index contributed by atoms with van der Waals surface area (Å²) in [4.78, 5) is 10.9. The first-order chi connectivity index (χ1) is 25.3. The normalized spacial score (nSPS) is 12.3. The Hall–Kier alpha value is -6.98. The van der Waals surface area contributed by atoms with Crippen LogP contribution in [0.5, 0.6) is 0 Å². The van der Waals surface area contributed by atoms with E-state index in [-0.39, 0.29) is 0 Å². The molecule has 4 aromatic heterocycles. The van der Waals surface area contributed by atoms with Crippen molar-refractivity contribution in [2.75, 3.05) is 0 Å². The minimum absolute atomic E-state index is 0.608. The number of benzene rings is 8. The third kappa shape index (κ3) is 3.64. The number of fused-ring (bicyclic) bond motifs is 14. The van der Waals surface area contributed by atoms with Gasteiger partial charge in [-0.05, 0) is 64.7 Å². The van der Waals surface area contributed by atoms with Gasteiger partial charge in [0.25, 0.3) is 0 Å². The lowest BCUT2D eigenvalue weighted by atomic mass is 10.0. The van der Waals surface area contributed by atoms with Crippen molar-refractivity contribution < 1.29 is 8.83 Å². The summed E-state index contributed by atoms with van der Waals surface area (Å²) in [5, 5.41) is 12.1. The third-order valence-electron chi connectivity index (χ3n) is 10.6. The fourth-order valence-electron chi connectivity index (χ4n) is 8.32. The minimum atomic E-state index is 0.608. The van der Waals surface area contributed by atoms with Gasteiger partial charge in [0.15, 0.2) is 0 Å². The Bertz CT molecular complexity index is 3440. The molecule has 8 aromatic carbocycles. The van der Waals surface area contributed by atoms with Crippen LogP contribution < -0.4 is 0 Å². The number of hydrogen-bond acceptors (Lipinski definition) is 4. The molecule has 4 heterocycles. The SMILES string of the molecule is c1ccc2c(c1)ccc1c(-c3cccc4c3oc3ccccc34)nc(-n3c4ccccc4c4cc5ccc6oc7ccccc7c6c5cc43)nc12. The predicted octanol–water partition coefficient (Wildman–Crippen LogP) is 12.5. The first-order valence-corrected chi connectivity index (χ1v) is 17.2. The summed E-state index contributed by atoms with van der Waals surface area (Å²) in [6, 6.07) is 53.0. The maximum absolute atomic E-state index is 6.59. The average molecular weight is 652 g/mol. The smallest absolute Gasteiger partial charge is 0.235 e. The van der Waals surface area contributed by atoms with E-state index >= 15 is 0 Å². The van der Waals surface area contributed by atoms with Crippen molar-refractivity contribution in [1.82, 2.24) is 14.5 Å². The van der Waals surface area contributed by atoms with Crippen LogP contribution in [0.1, 0.15) is 0 Å². The third-order valence-corrected chi connectivity index (χ3v) is 10.6. The van der Waals surface area contributed by atoms with Crippen LogP contribution in [-0.4, -0.2) is 14.5 Å². The van der Waals surface area contributed by atoms with E-state index in [0.29, 0.717) is 5.95 Å². The molecular formula is C46H25N3O2.